The Labute approximate surface area is 580 Å². The monoisotopic (exact) mass is 1590 g/mol. The number of nitrogens with one attached hydrogen (secondary N) is 3. The Morgan fingerprint density at radius 3 is 0.990 bits per heavy atom. The van der Waals surface area contributed by atoms with E-state index in [-0.39, 0.29) is 50.7 Å². The molecule has 9 N–H and O–H groups in total. The van der Waals surface area contributed by atoms with Crippen molar-refractivity contribution in [2.75, 3.05) is 82.8 Å². The maximum absolute atomic E-state index is 11.6. The Morgan fingerprint density at radius 2 is 0.782 bits per heavy atom. The van der Waals surface area contributed by atoms with Crippen LogP contribution < -0.4 is 37.6 Å². The van der Waals surface area contributed by atoms with E-state index < -0.39 is 122 Å². The van der Waals surface area contributed by atoms with Gasteiger partial charge in [0.1, 0.15) is 34.9 Å². The van der Waals surface area contributed by atoms with Crippen molar-refractivity contribution in [1.29, 1.82) is 0 Å². The molecule has 0 saturated carbocycles. The molecule has 0 bridgehead atoms. The van der Waals surface area contributed by atoms with Gasteiger partial charge in [-0.3, -0.25) is 9.36 Å². The number of nitrogens with two attached hydrogens (primary N) is 2. The molecule has 1 unspecified atom stereocenters. The van der Waals surface area contributed by atoms with Crippen LogP contribution in [-0.4, -0.2) is 213 Å². The third-order valence-electron chi connectivity index (χ3n) is 7.71. The van der Waals surface area contributed by atoms with E-state index in [1.165, 1.54) is 31.0 Å². The highest BCUT2D eigenvalue weighted by molar-refractivity contribution is 7.97. The molecule has 0 spiro atoms. The number of alkyl carbamates (subject to hydrolysis) is 2. The molecule has 31 nitrogen and oxygen atoms in total. The van der Waals surface area contributed by atoms with E-state index in [1.807, 2.05) is 26.0 Å². The normalized spacial score (nSPS) is 12.2. The lowest BCUT2D eigenvalue weighted by Crippen LogP contribution is -2.37. The minimum Gasteiger partial charge on any atom is -0.542 e. The number of carbonyl (C=O) groups excluding carboxylic acids is 6. The number of halogens is 9. The number of rotatable bonds is 18. The predicted molar refractivity (Wildman–Crippen MR) is 351 cm³/mol. The Hall–Kier alpha value is -7.81. The van der Waals surface area contributed by atoms with Crippen molar-refractivity contribution in [3.63, 3.8) is 0 Å². The van der Waals surface area contributed by atoms with Crippen LogP contribution in [0.4, 0.5) is 49.1 Å². The quantitative estimate of drug-likeness (QED) is 0.0631. The van der Waals surface area contributed by atoms with Crippen molar-refractivity contribution in [1.82, 2.24) is 16.0 Å². The number of carboxylic acids is 4. The van der Waals surface area contributed by atoms with E-state index >= 15 is 0 Å². The fourth-order valence-electron chi connectivity index (χ4n) is 4.19. The van der Waals surface area contributed by atoms with Gasteiger partial charge in [0.15, 0.2) is 49.2 Å². The van der Waals surface area contributed by atoms with Gasteiger partial charge in [-0.25, -0.2) is 61.3 Å². The summed E-state index contributed by atoms with van der Waals surface area (Å²) in [7, 11) is -18.2. The first-order chi connectivity index (χ1) is 44.9. The van der Waals surface area contributed by atoms with Crippen molar-refractivity contribution >= 4 is 105 Å². The Bertz CT molecular complexity index is 3520. The molecule has 2 aromatic carbocycles. The number of ether oxygens (including phenoxy) is 2. The van der Waals surface area contributed by atoms with Crippen molar-refractivity contribution < 1.29 is 159 Å². The fourth-order valence-corrected chi connectivity index (χ4v) is 10.3. The minimum absolute atomic E-state index is 0.00505. The molecule has 0 fully saturated rings. The lowest BCUT2D eigenvalue weighted by Gasteiger charge is -2.19. The van der Waals surface area contributed by atoms with E-state index in [1.54, 1.807) is 84.9 Å². The highest BCUT2D eigenvalue weighted by Crippen LogP contribution is 2.43. The van der Waals surface area contributed by atoms with Gasteiger partial charge in [0, 0.05) is 91.3 Å². The van der Waals surface area contributed by atoms with Gasteiger partial charge in [-0.15, -0.1) is 0 Å². The van der Waals surface area contributed by atoms with Crippen LogP contribution in [0.25, 0.3) is 0 Å². The van der Waals surface area contributed by atoms with Gasteiger partial charge in [-0.05, 0) is 86.6 Å². The average molecular weight is 1590 g/mol. The van der Waals surface area contributed by atoms with E-state index in [0.717, 1.165) is 64.0 Å². The number of carbonyl (C=O) groups is 8. The number of amides is 3. The number of benzene rings is 2. The number of aromatic carboxylic acids is 1. The van der Waals surface area contributed by atoms with Crippen LogP contribution in [0, 0.1) is 13.8 Å². The number of hydrogen-bond donors (Lipinski definition) is 7. The number of sulfone groups is 5. The molecule has 46 heteroatoms. The van der Waals surface area contributed by atoms with Crippen LogP contribution in [0.15, 0.2) is 94.5 Å². The summed E-state index contributed by atoms with van der Waals surface area (Å²) in [5.41, 5.74) is 11.6. The second-order valence-electron chi connectivity index (χ2n) is 20.8. The zero-order chi connectivity index (χ0) is 82.1. The maximum atomic E-state index is 11.6. The number of hydrogen-bond acceptors (Lipinski definition) is 26. The molecule has 0 aliphatic carbocycles. The molecule has 3 amide bonds. The Kier molecular flexibility index (Phi) is 56.4. The van der Waals surface area contributed by atoms with Crippen LogP contribution >= 0.6 is 7.37 Å². The molecular weight excluding hydrogens is 1510 g/mol. The number of aliphatic carboxylic acids is 3. The van der Waals surface area contributed by atoms with Gasteiger partial charge in [0.25, 0.3) is 5.91 Å². The molecule has 1 atom stereocenters. The lowest BCUT2D eigenvalue weighted by molar-refractivity contribution is -0.344. The summed E-state index contributed by atoms with van der Waals surface area (Å²) in [5.74, 6) is -9.87. The van der Waals surface area contributed by atoms with Crippen LogP contribution in [0.5, 0.6) is 0 Å². The van der Waals surface area contributed by atoms with Crippen molar-refractivity contribution in [2.45, 2.75) is 92.0 Å². The second kappa shape index (κ2) is 52.2. The van der Waals surface area contributed by atoms with E-state index in [9.17, 15) is 110 Å². The minimum atomic E-state index is -5.19. The zero-order valence-corrected chi connectivity index (χ0v) is 62.0. The van der Waals surface area contributed by atoms with Crippen molar-refractivity contribution in [3.05, 3.63) is 117 Å². The van der Waals surface area contributed by atoms with E-state index in [4.69, 9.17) is 60.3 Å². The summed E-state index contributed by atoms with van der Waals surface area (Å²) in [6, 6.07) is 13.9. The lowest BCUT2D eigenvalue weighted by atomic mass is 10.1. The molecule has 0 aromatic heterocycles. The van der Waals surface area contributed by atoms with Crippen LogP contribution in [-0.2, 0) is 86.9 Å². The fraction of sp³-hybridized carbons (Fsp3) is 0.491. The Morgan fingerprint density at radius 1 is 0.515 bits per heavy atom. The molecule has 0 saturated heterocycles. The van der Waals surface area contributed by atoms with Crippen LogP contribution in [0.2, 0.25) is 0 Å². The van der Waals surface area contributed by atoms with Gasteiger partial charge in [-0.2, -0.15) is 39.5 Å². The van der Waals surface area contributed by atoms with E-state index in [0.29, 0.717) is 17.4 Å². The van der Waals surface area contributed by atoms with Crippen LogP contribution in [0.1, 0.15) is 80.3 Å². The first-order valence-electron chi connectivity index (χ1n) is 27.0. The molecule has 2 rings (SSSR count). The molecule has 2 aromatic rings. The van der Waals surface area contributed by atoms with Crippen molar-refractivity contribution in [3.8, 4) is 0 Å². The average Bonchev–Trinajstić information content (AvgIpc) is 0.904. The summed E-state index contributed by atoms with van der Waals surface area (Å²) in [5, 5.41) is 44.7. The maximum Gasteiger partial charge on any atom is 0.490 e. The number of aryl methyl sites for hydroxylation is 2. The third-order valence-corrected chi connectivity index (χ3v) is 15.0. The summed E-state index contributed by atoms with van der Waals surface area (Å²) >= 11 is 0. The van der Waals surface area contributed by atoms with Crippen molar-refractivity contribution in [2.24, 2.45) is 11.5 Å². The predicted octanol–water partition coefficient (Wildman–Crippen LogP) is 3.93. The summed E-state index contributed by atoms with van der Waals surface area (Å²) in [4.78, 5) is 80.0. The third kappa shape index (κ3) is 96.4. The topological polar surface area (TPSA) is 527 Å². The van der Waals surface area contributed by atoms with Gasteiger partial charge >= 0.3 is 42.7 Å². The SMILES string of the molecule is CC(C)(C)OC(=O)NC/C=C/S(C)(=O)=O.CC(C)(C)OC(=O)NCC=O.CCOP(C)(=O)CS(C)(=O)=O.CS(=O)(=O)/C=C/CN.CS(=O)(=O)/C=C/CN.Cc1ccc(C(=O)NC/C=C/S(C)(=O)=O)cc1.Cc1ccc(C(=O)O)cc1.O=C(O)C(F)(F)F.O=C([O-])C(F)(F)F.O=C([O-])C(F)(F)F. The van der Waals surface area contributed by atoms with Gasteiger partial charge in [0.2, 0.25) is 7.37 Å². The number of aldehydes is 1. The Balaban J connectivity index is -0.000000161. The molecule has 0 radical (unpaired) electrons. The second-order valence-corrected chi connectivity index (χ2v) is 33.7. The molecule has 0 heterocycles. The highest BCUT2D eigenvalue weighted by Gasteiger charge is 2.38. The van der Waals surface area contributed by atoms with E-state index in [2.05, 4.69) is 16.0 Å². The zero-order valence-electron chi connectivity index (χ0n) is 57.0. The molecule has 101 heavy (non-hydrogen) atoms. The summed E-state index contributed by atoms with van der Waals surface area (Å²) in [6.07, 6.45) is -4.98. The molecule has 586 valence electrons. The molecule has 0 aliphatic rings. The van der Waals surface area contributed by atoms with Gasteiger partial charge in [-0.1, -0.05) is 59.7 Å². The molecule has 0 aliphatic heterocycles. The largest absolute Gasteiger partial charge is 0.542 e. The first-order valence-corrected chi connectivity index (χ1v) is 39.1. The van der Waals surface area contributed by atoms with Gasteiger partial charge in [0.05, 0.1) is 18.7 Å². The summed E-state index contributed by atoms with van der Waals surface area (Å²) < 4.78 is 226. The first kappa shape index (κ1) is 109. The highest BCUT2D eigenvalue weighted by atomic mass is 32.2. The standard InChI is InChI=1S/C12H15NO3S.C9H17NO4S.C8H8O2.C7H13NO3.C5H13O4PS.2C4H9NO2S.3C2HF3O2/c1-10-4-6-11(7-5-10)12(14)13-8-3-9-17(2,15)16;1-9(2,3)14-8(11)10-6-5-7-15(4,12)13;1-6-2-4-7(5-3-6)8(9)10;1-7(2,3)11-6(10)8-4-5-9;1-4-9-10(2,6)5-11(3,7)8;2*1-8(6,7)4-2-3-5;3*3-2(4,5)1(6)7/h3-7,9H,8H2,1-2H3,(H,13,14);5,7H,6H2,1-4H3,(H,10,11);2-5H,1H3,(H,9,10);5H,4H2,1-3H3,(H,8,10);4-5H2,1-3H3;2*2,4H,3,5H2,1H3;3*(H,6,7)/p-2/b9-3+;7-5+;;;;2*4-2+;;;. The summed E-state index contributed by atoms with van der Waals surface area (Å²) in [6.45, 7) is 18.5. The number of carboxylic acid groups (broad SMARTS) is 4. The molecular formula is C55H85F9N5O26PS5-2. The van der Waals surface area contributed by atoms with Gasteiger partial charge < -0.3 is 76.2 Å². The number of alkyl halides is 9. The van der Waals surface area contributed by atoms with Crippen LogP contribution in [0.3, 0.4) is 0 Å². The smallest absolute Gasteiger partial charge is 0.490 e.